The van der Waals surface area contributed by atoms with E-state index in [-0.39, 0.29) is 18.5 Å². The first kappa shape index (κ1) is 58.3. The maximum absolute atomic E-state index is 12.4. The second-order valence-electron chi connectivity index (χ2n) is 18.2. The maximum atomic E-state index is 12.4. The number of amides is 1. The molecule has 0 aromatic carbocycles. The third kappa shape index (κ3) is 45.9. The highest BCUT2D eigenvalue weighted by molar-refractivity contribution is 5.76. The molecule has 0 rings (SSSR count). The molecule has 0 aliphatic rings. The fourth-order valence-corrected chi connectivity index (χ4v) is 8.18. The number of hydrogen-bond acceptors (Lipinski definition) is 5. The van der Waals surface area contributed by atoms with Gasteiger partial charge in [0.1, 0.15) is 0 Å². The van der Waals surface area contributed by atoms with Gasteiger partial charge in [0.15, 0.2) is 0 Å². The van der Waals surface area contributed by atoms with Gasteiger partial charge in [-0.1, -0.05) is 250 Å². The standard InChI is InChI=1S/C54H103NO5/c1-3-5-7-9-11-13-15-28-32-36-40-44-48-54(59)60-49-45-41-37-33-29-26-24-22-20-18-16-17-19-21-23-25-27-31-35-39-43-47-53(58)55-51(50-56)52(57)46-42-38-34-30-14-12-10-8-6-4-2/h26,29,37,41,51-52,56-57H,3-25,27-28,30-36,38-40,42-50H2,1-2H3,(H,55,58)/b29-26-,41-37-. The Bertz CT molecular complexity index is 935. The third-order valence-electron chi connectivity index (χ3n) is 12.3. The van der Waals surface area contributed by atoms with Crippen LogP contribution in [0.15, 0.2) is 24.3 Å². The zero-order chi connectivity index (χ0) is 43.7. The van der Waals surface area contributed by atoms with Crippen LogP contribution in [0.25, 0.3) is 0 Å². The van der Waals surface area contributed by atoms with Crippen LogP contribution in [-0.2, 0) is 14.3 Å². The number of carbonyl (C=O) groups excluding carboxylic acids is 2. The number of hydrogen-bond donors (Lipinski definition) is 3. The second kappa shape index (κ2) is 50.0. The highest BCUT2D eigenvalue weighted by Gasteiger charge is 2.20. The minimum absolute atomic E-state index is 0.0348. The predicted octanol–water partition coefficient (Wildman–Crippen LogP) is 15.9. The minimum atomic E-state index is -0.665. The van der Waals surface area contributed by atoms with Gasteiger partial charge in [0.05, 0.1) is 25.4 Å². The van der Waals surface area contributed by atoms with Crippen molar-refractivity contribution in [3.63, 3.8) is 0 Å². The van der Waals surface area contributed by atoms with E-state index in [9.17, 15) is 19.8 Å². The molecule has 0 fully saturated rings. The zero-order valence-electron chi connectivity index (χ0n) is 40.2. The number of nitrogens with one attached hydrogen (secondary N) is 1. The van der Waals surface area contributed by atoms with E-state index >= 15 is 0 Å². The number of allylic oxidation sites excluding steroid dienone is 3. The number of carbonyl (C=O) groups is 2. The van der Waals surface area contributed by atoms with Gasteiger partial charge in [0, 0.05) is 12.8 Å². The van der Waals surface area contributed by atoms with Crippen molar-refractivity contribution in [1.82, 2.24) is 5.32 Å². The molecule has 6 heteroatoms. The minimum Gasteiger partial charge on any atom is -0.465 e. The van der Waals surface area contributed by atoms with E-state index in [0.29, 0.717) is 25.9 Å². The number of rotatable bonds is 49. The Hall–Kier alpha value is -1.66. The largest absolute Gasteiger partial charge is 0.465 e. The van der Waals surface area contributed by atoms with Gasteiger partial charge in [-0.05, 0) is 44.9 Å². The van der Waals surface area contributed by atoms with Crippen molar-refractivity contribution in [3.8, 4) is 0 Å². The van der Waals surface area contributed by atoms with Crippen molar-refractivity contribution in [1.29, 1.82) is 0 Å². The van der Waals surface area contributed by atoms with Gasteiger partial charge in [-0.2, -0.15) is 0 Å². The molecule has 0 bridgehead atoms. The first-order valence-corrected chi connectivity index (χ1v) is 26.6. The first-order valence-electron chi connectivity index (χ1n) is 26.6. The number of esters is 1. The monoisotopic (exact) mass is 846 g/mol. The summed E-state index contributed by atoms with van der Waals surface area (Å²) in [5.74, 6) is -0.0761. The van der Waals surface area contributed by atoms with E-state index in [1.54, 1.807) is 0 Å². The fraction of sp³-hybridized carbons (Fsp3) is 0.889. The summed E-state index contributed by atoms with van der Waals surface area (Å²) in [7, 11) is 0. The SMILES string of the molecule is CCCCCCCCCCCCCCC(=O)OCC/C=C\C/C=C\CCCCCCCCCCCCCCCCC(=O)NC(CO)C(O)CCCCCCCCCCCC. The summed E-state index contributed by atoms with van der Waals surface area (Å²) in [5.41, 5.74) is 0. The summed E-state index contributed by atoms with van der Waals surface area (Å²) >= 11 is 0. The van der Waals surface area contributed by atoms with E-state index in [2.05, 4.69) is 43.5 Å². The lowest BCUT2D eigenvalue weighted by Crippen LogP contribution is -2.45. The van der Waals surface area contributed by atoms with Gasteiger partial charge >= 0.3 is 5.97 Å². The van der Waals surface area contributed by atoms with Gasteiger partial charge in [0.2, 0.25) is 5.91 Å². The van der Waals surface area contributed by atoms with Crippen LogP contribution >= 0.6 is 0 Å². The molecule has 0 aromatic rings. The summed E-state index contributed by atoms with van der Waals surface area (Å²) in [6.45, 7) is 4.83. The van der Waals surface area contributed by atoms with Crippen molar-refractivity contribution in [2.75, 3.05) is 13.2 Å². The molecule has 3 N–H and O–H groups in total. The Labute approximate surface area is 373 Å². The van der Waals surface area contributed by atoms with E-state index in [1.807, 2.05) is 0 Å². The molecular weight excluding hydrogens is 743 g/mol. The fourth-order valence-electron chi connectivity index (χ4n) is 8.18. The summed E-state index contributed by atoms with van der Waals surface area (Å²) in [6.07, 6.45) is 58.9. The van der Waals surface area contributed by atoms with E-state index < -0.39 is 12.1 Å². The molecule has 2 unspecified atom stereocenters. The quantitative estimate of drug-likeness (QED) is 0.0322. The number of aliphatic hydroxyl groups excluding tert-OH is 2. The van der Waals surface area contributed by atoms with Gasteiger partial charge in [-0.15, -0.1) is 0 Å². The molecule has 6 nitrogen and oxygen atoms in total. The number of aliphatic hydroxyl groups is 2. The first-order chi connectivity index (χ1) is 29.5. The van der Waals surface area contributed by atoms with Crippen LogP contribution in [-0.4, -0.2) is 47.4 Å². The van der Waals surface area contributed by atoms with Crippen molar-refractivity contribution in [3.05, 3.63) is 24.3 Å². The van der Waals surface area contributed by atoms with E-state index in [0.717, 1.165) is 51.4 Å². The summed E-state index contributed by atoms with van der Waals surface area (Å²) < 4.78 is 5.40. The molecule has 0 spiro atoms. The highest BCUT2D eigenvalue weighted by Crippen LogP contribution is 2.16. The molecule has 0 radical (unpaired) electrons. The van der Waals surface area contributed by atoms with Crippen molar-refractivity contribution in [2.45, 2.75) is 296 Å². The topological polar surface area (TPSA) is 95.9 Å². The van der Waals surface area contributed by atoms with Crippen LogP contribution in [0.1, 0.15) is 284 Å². The number of unbranched alkanes of at least 4 members (excludes halogenated alkanes) is 34. The van der Waals surface area contributed by atoms with Gasteiger partial charge in [0.25, 0.3) is 0 Å². The molecule has 2 atom stereocenters. The van der Waals surface area contributed by atoms with Gasteiger partial charge < -0.3 is 20.3 Å². The van der Waals surface area contributed by atoms with Crippen molar-refractivity contribution < 1.29 is 24.5 Å². The summed E-state index contributed by atoms with van der Waals surface area (Å²) in [5, 5.41) is 23.1. The Morgan fingerprint density at radius 3 is 1.27 bits per heavy atom. The second-order valence-corrected chi connectivity index (χ2v) is 18.2. The lowest BCUT2D eigenvalue weighted by atomic mass is 10.0. The van der Waals surface area contributed by atoms with Gasteiger partial charge in [-0.3, -0.25) is 9.59 Å². The average Bonchev–Trinajstić information content (AvgIpc) is 3.25. The lowest BCUT2D eigenvalue weighted by Gasteiger charge is -2.22. The Morgan fingerprint density at radius 2 is 0.833 bits per heavy atom. The highest BCUT2D eigenvalue weighted by atomic mass is 16.5. The molecule has 1 amide bonds. The lowest BCUT2D eigenvalue weighted by molar-refractivity contribution is -0.143. The van der Waals surface area contributed by atoms with E-state index in [1.165, 1.54) is 199 Å². The van der Waals surface area contributed by atoms with Crippen LogP contribution < -0.4 is 5.32 Å². The van der Waals surface area contributed by atoms with Crippen LogP contribution in [0.5, 0.6) is 0 Å². The number of ether oxygens (including phenoxy) is 1. The normalized spacial score (nSPS) is 12.8. The Morgan fingerprint density at radius 1 is 0.467 bits per heavy atom. The van der Waals surface area contributed by atoms with Crippen LogP contribution in [0.3, 0.4) is 0 Å². The average molecular weight is 846 g/mol. The third-order valence-corrected chi connectivity index (χ3v) is 12.3. The molecular formula is C54H103NO5. The Kier molecular flexibility index (Phi) is 48.6. The van der Waals surface area contributed by atoms with Crippen LogP contribution in [0.4, 0.5) is 0 Å². The zero-order valence-corrected chi connectivity index (χ0v) is 40.2. The van der Waals surface area contributed by atoms with E-state index in [4.69, 9.17) is 4.74 Å². The Balaban J connectivity index is 3.44. The predicted molar refractivity (Wildman–Crippen MR) is 260 cm³/mol. The molecule has 0 saturated heterocycles. The molecule has 0 aliphatic heterocycles. The van der Waals surface area contributed by atoms with Crippen LogP contribution in [0.2, 0.25) is 0 Å². The summed E-state index contributed by atoms with van der Waals surface area (Å²) in [6, 6.07) is -0.543. The summed E-state index contributed by atoms with van der Waals surface area (Å²) in [4.78, 5) is 24.4. The van der Waals surface area contributed by atoms with Crippen LogP contribution in [0, 0.1) is 0 Å². The molecule has 354 valence electrons. The van der Waals surface area contributed by atoms with Crippen molar-refractivity contribution in [2.24, 2.45) is 0 Å². The molecule has 0 heterocycles. The molecule has 0 aliphatic carbocycles. The van der Waals surface area contributed by atoms with Gasteiger partial charge in [-0.25, -0.2) is 0 Å². The van der Waals surface area contributed by atoms with Crippen molar-refractivity contribution >= 4 is 11.9 Å². The molecule has 0 aromatic heterocycles. The molecule has 60 heavy (non-hydrogen) atoms. The maximum Gasteiger partial charge on any atom is 0.305 e. The smallest absolute Gasteiger partial charge is 0.305 e. The molecule has 0 saturated carbocycles.